The van der Waals surface area contributed by atoms with Gasteiger partial charge < -0.3 is 0 Å². The Kier molecular flexibility index (Phi) is 4.22. The molecule has 96 valence electrons. The average molecular weight is 322 g/mol. The van der Waals surface area contributed by atoms with Crippen LogP contribution in [-0.4, -0.2) is 30.0 Å². The van der Waals surface area contributed by atoms with Crippen molar-refractivity contribution in [2.75, 3.05) is 6.54 Å². The van der Waals surface area contributed by atoms with Gasteiger partial charge in [-0.15, -0.1) is 0 Å². The maximum absolute atomic E-state index is 11.8. The molecule has 0 radical (unpaired) electrons. The quantitative estimate of drug-likeness (QED) is 0.828. The van der Waals surface area contributed by atoms with Crippen LogP contribution in [0.1, 0.15) is 25.7 Å². The molecule has 7 heteroatoms. The first-order chi connectivity index (χ1) is 8.08. The summed E-state index contributed by atoms with van der Waals surface area (Å²) in [5, 5.41) is 6.15. The van der Waals surface area contributed by atoms with Gasteiger partial charge in [-0.25, -0.2) is 13.1 Å². The Morgan fingerprint density at radius 1 is 1.41 bits per heavy atom. The second kappa shape index (κ2) is 5.49. The Labute approximate surface area is 110 Å². The van der Waals surface area contributed by atoms with Crippen molar-refractivity contribution in [1.29, 1.82) is 0 Å². The number of halogens is 1. The number of aromatic amines is 1. The van der Waals surface area contributed by atoms with Crippen molar-refractivity contribution in [2.24, 2.45) is 5.92 Å². The first kappa shape index (κ1) is 13.0. The summed E-state index contributed by atoms with van der Waals surface area (Å²) in [4.78, 5) is 0.802. The lowest BCUT2D eigenvalue weighted by atomic mass is 9.89. The van der Waals surface area contributed by atoms with Gasteiger partial charge in [-0.3, -0.25) is 5.10 Å². The smallest absolute Gasteiger partial charge is 0.243 e. The first-order valence-corrected chi connectivity index (χ1v) is 8.10. The number of H-pyrrole nitrogens is 1. The van der Waals surface area contributed by atoms with Crippen molar-refractivity contribution in [1.82, 2.24) is 14.9 Å². The largest absolute Gasteiger partial charge is 0.284 e. The first-order valence-electron chi connectivity index (χ1n) is 5.70. The SMILES string of the molecule is O=S(=O)(NCC1CCC(Br)CC1)c1cn[nH]c1. The van der Waals surface area contributed by atoms with Gasteiger partial charge in [0.1, 0.15) is 4.90 Å². The van der Waals surface area contributed by atoms with E-state index in [1.54, 1.807) is 0 Å². The molecule has 1 aliphatic carbocycles. The summed E-state index contributed by atoms with van der Waals surface area (Å²) in [7, 11) is -3.39. The molecule has 1 saturated carbocycles. The number of nitrogens with one attached hydrogen (secondary N) is 2. The van der Waals surface area contributed by atoms with E-state index in [-0.39, 0.29) is 4.90 Å². The summed E-state index contributed by atoms with van der Waals surface area (Å²) >= 11 is 3.59. The molecule has 5 nitrogen and oxygen atoms in total. The van der Waals surface area contributed by atoms with Crippen molar-refractivity contribution < 1.29 is 8.42 Å². The van der Waals surface area contributed by atoms with E-state index in [1.165, 1.54) is 12.4 Å². The third kappa shape index (κ3) is 3.53. The molecule has 0 atom stereocenters. The zero-order valence-corrected chi connectivity index (χ0v) is 11.8. The average Bonchev–Trinajstić information content (AvgIpc) is 2.82. The molecule has 1 aromatic rings. The van der Waals surface area contributed by atoms with E-state index in [0.29, 0.717) is 17.3 Å². The van der Waals surface area contributed by atoms with E-state index in [1.807, 2.05) is 0 Å². The van der Waals surface area contributed by atoms with Crippen LogP contribution in [-0.2, 0) is 10.0 Å². The molecule has 0 saturated heterocycles. The minimum Gasteiger partial charge on any atom is -0.284 e. The number of alkyl halides is 1. The lowest BCUT2D eigenvalue weighted by molar-refractivity contribution is 0.366. The van der Waals surface area contributed by atoms with Crippen LogP contribution in [0.4, 0.5) is 0 Å². The fourth-order valence-corrected chi connectivity index (χ4v) is 3.57. The lowest BCUT2D eigenvalue weighted by Gasteiger charge is -2.25. The predicted octanol–water partition coefficient (Wildman–Crippen LogP) is 1.64. The van der Waals surface area contributed by atoms with E-state index in [2.05, 4.69) is 30.8 Å². The summed E-state index contributed by atoms with van der Waals surface area (Å²) in [6, 6.07) is 0. The molecule has 17 heavy (non-hydrogen) atoms. The molecule has 2 N–H and O–H groups in total. The van der Waals surface area contributed by atoms with Gasteiger partial charge in [0.15, 0.2) is 0 Å². The summed E-state index contributed by atoms with van der Waals surface area (Å²) in [6.45, 7) is 0.521. The molecule has 0 aromatic carbocycles. The zero-order chi connectivity index (χ0) is 12.3. The number of nitrogens with zero attached hydrogens (tertiary/aromatic N) is 1. The topological polar surface area (TPSA) is 74.8 Å². The number of hydrogen-bond acceptors (Lipinski definition) is 3. The Morgan fingerprint density at radius 2 is 2.12 bits per heavy atom. The fraction of sp³-hybridized carbons (Fsp3) is 0.700. The van der Waals surface area contributed by atoms with Crippen LogP contribution < -0.4 is 4.72 Å². The third-order valence-corrected chi connectivity index (χ3v) is 5.43. The fourth-order valence-electron chi connectivity index (χ4n) is 2.02. The van der Waals surface area contributed by atoms with Crippen LogP contribution in [0.25, 0.3) is 0 Å². The van der Waals surface area contributed by atoms with Crippen molar-refractivity contribution in [3.05, 3.63) is 12.4 Å². The Bertz CT molecular complexity index is 438. The van der Waals surface area contributed by atoms with Crippen LogP contribution in [0, 0.1) is 5.92 Å². The Morgan fingerprint density at radius 3 is 2.71 bits per heavy atom. The summed E-state index contributed by atoms with van der Waals surface area (Å²) in [5.41, 5.74) is 0. The second-order valence-electron chi connectivity index (χ2n) is 4.40. The van der Waals surface area contributed by atoms with Crippen molar-refractivity contribution in [2.45, 2.75) is 35.4 Å². The van der Waals surface area contributed by atoms with Gasteiger partial charge in [-0.2, -0.15) is 5.10 Å². The minimum atomic E-state index is -3.39. The Balaban J connectivity index is 1.86. The van der Waals surface area contributed by atoms with Crippen LogP contribution in [0.2, 0.25) is 0 Å². The molecule has 0 aliphatic heterocycles. The van der Waals surface area contributed by atoms with Gasteiger partial charge in [0, 0.05) is 17.6 Å². The van der Waals surface area contributed by atoms with Crippen LogP contribution in [0.15, 0.2) is 17.3 Å². The van der Waals surface area contributed by atoms with Gasteiger partial charge >= 0.3 is 0 Å². The van der Waals surface area contributed by atoms with E-state index in [0.717, 1.165) is 25.7 Å². The third-order valence-electron chi connectivity index (χ3n) is 3.12. The van der Waals surface area contributed by atoms with Gasteiger partial charge in [0.05, 0.1) is 6.20 Å². The maximum Gasteiger partial charge on any atom is 0.243 e. The standard InChI is InChI=1S/C10H16BrN3O2S/c11-9-3-1-8(2-4-9)5-14-17(15,16)10-6-12-13-7-10/h6-9,14H,1-5H2,(H,12,13). The molecule has 0 bridgehead atoms. The number of aromatic nitrogens is 2. The van der Waals surface area contributed by atoms with Gasteiger partial charge in [-0.1, -0.05) is 15.9 Å². The second-order valence-corrected chi connectivity index (χ2v) is 7.47. The predicted molar refractivity (Wildman–Crippen MR) is 68.4 cm³/mol. The molecule has 1 aliphatic rings. The van der Waals surface area contributed by atoms with Gasteiger partial charge in [0.2, 0.25) is 10.0 Å². The van der Waals surface area contributed by atoms with Gasteiger partial charge in [-0.05, 0) is 31.6 Å². The zero-order valence-electron chi connectivity index (χ0n) is 9.39. The lowest BCUT2D eigenvalue weighted by Crippen LogP contribution is -2.31. The molecule has 2 rings (SSSR count). The number of rotatable bonds is 4. The Hall–Kier alpha value is -0.400. The molecule has 1 heterocycles. The van der Waals surface area contributed by atoms with E-state index >= 15 is 0 Å². The highest BCUT2D eigenvalue weighted by Gasteiger charge is 2.22. The molecule has 0 unspecified atom stereocenters. The summed E-state index contributed by atoms with van der Waals surface area (Å²) in [6.07, 6.45) is 7.10. The summed E-state index contributed by atoms with van der Waals surface area (Å²) < 4.78 is 26.3. The van der Waals surface area contributed by atoms with E-state index in [9.17, 15) is 8.42 Å². The highest BCUT2D eigenvalue weighted by Crippen LogP contribution is 2.28. The molecule has 0 spiro atoms. The molecular weight excluding hydrogens is 306 g/mol. The van der Waals surface area contributed by atoms with Crippen LogP contribution in [0.3, 0.4) is 0 Å². The molecular formula is C10H16BrN3O2S. The minimum absolute atomic E-state index is 0.201. The normalized spacial score (nSPS) is 25.9. The van der Waals surface area contributed by atoms with Gasteiger partial charge in [0.25, 0.3) is 0 Å². The van der Waals surface area contributed by atoms with E-state index in [4.69, 9.17) is 0 Å². The number of sulfonamides is 1. The maximum atomic E-state index is 11.8. The van der Waals surface area contributed by atoms with Crippen LogP contribution >= 0.6 is 15.9 Å². The van der Waals surface area contributed by atoms with Crippen molar-refractivity contribution >= 4 is 26.0 Å². The highest BCUT2D eigenvalue weighted by molar-refractivity contribution is 9.09. The molecule has 1 fully saturated rings. The van der Waals surface area contributed by atoms with Crippen molar-refractivity contribution in [3.8, 4) is 0 Å². The molecule has 0 amide bonds. The van der Waals surface area contributed by atoms with Crippen molar-refractivity contribution in [3.63, 3.8) is 0 Å². The number of hydrogen-bond donors (Lipinski definition) is 2. The van der Waals surface area contributed by atoms with Crippen LogP contribution in [0.5, 0.6) is 0 Å². The van der Waals surface area contributed by atoms with E-state index < -0.39 is 10.0 Å². The highest BCUT2D eigenvalue weighted by atomic mass is 79.9. The monoisotopic (exact) mass is 321 g/mol. The summed E-state index contributed by atoms with van der Waals surface area (Å²) in [5.74, 6) is 0.450. The molecule has 1 aromatic heterocycles.